The van der Waals surface area contributed by atoms with E-state index in [1.54, 1.807) is 0 Å². The molecule has 0 heterocycles. The van der Waals surface area contributed by atoms with Crippen LogP contribution in [0.15, 0.2) is 0 Å². The van der Waals surface area contributed by atoms with Gasteiger partial charge in [-0.15, -0.1) is 11.8 Å². The quantitative estimate of drug-likeness (QED) is 0.0429. The Labute approximate surface area is 663 Å². The number of ether oxygens (including phenoxy) is 12. The maximum absolute atomic E-state index is 5.58. The van der Waals surface area contributed by atoms with Crippen molar-refractivity contribution in [3.8, 4) is 0 Å². The summed E-state index contributed by atoms with van der Waals surface area (Å²) < 4.78 is 64.9. The summed E-state index contributed by atoms with van der Waals surface area (Å²) in [5, 5.41) is 0. The van der Waals surface area contributed by atoms with E-state index in [1.165, 1.54) is 0 Å². The first-order chi connectivity index (χ1) is 36.2. The van der Waals surface area contributed by atoms with Gasteiger partial charge in [0.1, 0.15) is 0 Å². The summed E-state index contributed by atoms with van der Waals surface area (Å²) in [5.74, 6) is 0.704. The fourth-order valence-electron chi connectivity index (χ4n) is 5.13. The molecule has 0 aliphatic heterocycles. The third-order valence-corrected chi connectivity index (χ3v) is 9.00. The minimum absolute atomic E-state index is 0. The van der Waals surface area contributed by atoms with Crippen molar-refractivity contribution in [1.82, 2.24) is 0 Å². The Hall–Kier alpha value is 3.65. The largest absolute Gasteiger partial charge is 2.00 e. The van der Waals surface area contributed by atoms with E-state index in [2.05, 4.69) is 54.4 Å². The Morgan fingerprint density at radius 3 is 1.05 bits per heavy atom. The van der Waals surface area contributed by atoms with Gasteiger partial charge >= 0.3 is 126 Å². The Kier molecular flexibility index (Phi) is 167. The molecule has 18 heteroatoms. The first kappa shape index (κ1) is 145. The van der Waals surface area contributed by atoms with Crippen molar-refractivity contribution in [1.29, 1.82) is 0 Å². The second-order valence-corrected chi connectivity index (χ2v) is 22.4. The van der Waals surface area contributed by atoms with E-state index in [0.29, 0.717) is 63.2 Å². The molecule has 0 fully saturated rings. The molecule has 6 unspecified atom stereocenters. The second-order valence-electron chi connectivity index (χ2n) is 22.4. The van der Waals surface area contributed by atoms with E-state index in [1.807, 2.05) is 192 Å². The molecule has 0 saturated heterocycles. The van der Waals surface area contributed by atoms with Crippen LogP contribution in [-0.4, -0.2) is 131 Å². The van der Waals surface area contributed by atoms with Crippen LogP contribution in [0.3, 0.4) is 0 Å². The average molecular weight is 2330 g/mol. The predicted molar refractivity (Wildman–Crippen MR) is 378 cm³/mol. The summed E-state index contributed by atoms with van der Waals surface area (Å²) in [6, 6.07) is 0. The summed E-state index contributed by atoms with van der Waals surface area (Å²) in [6.07, 6.45) is 14.8. The molecular weight excluding hydrogens is 2170 g/mol. The van der Waals surface area contributed by atoms with Crippen molar-refractivity contribution < 1.29 is 183 Å². The standard InChI is InChI=1S/6C11H22O2.7CH4.6W/c1-8(2)12-7-10(5)11(6)13-9(3)4;1-9(2)12-7-6-11(5)8-13-10(3)4;1-9(2)12-8-6-7-11(5)13-10(3)4;1-10(2)12-8-6-5-7-9-13-11(3)4;1-6-11(7-12-9(2)3)8-13-10(4)5;1-6-11(13-10(4)5)7-8-12-9(2)3;;;;;;;;;;;;;/h8-11H,5-7H2,1-4H3;7,9-11H,5-6,8H2,1-4H3;2*6,9-11H,5,7-8H2,1-4H3;2*7,9-11H,1,6,8H2,2-5H3;7*1H4;;;;;;/q6*-2;;;;;;;;6*+2. The second kappa shape index (κ2) is 105. The third kappa shape index (κ3) is 149. The maximum Gasteiger partial charge on any atom is 2.00 e. The molecule has 0 N–H and O–H groups in total. The van der Waals surface area contributed by atoms with Gasteiger partial charge in [0.15, 0.2) is 0 Å². The smallest absolute Gasteiger partial charge is 0.550 e. The van der Waals surface area contributed by atoms with Gasteiger partial charge in [-0.2, -0.15) is 31.6 Å². The van der Waals surface area contributed by atoms with Gasteiger partial charge in [0, 0.05) is 74.8 Å². The molecule has 0 aliphatic carbocycles. The summed E-state index contributed by atoms with van der Waals surface area (Å²) >= 11 is 0. The van der Waals surface area contributed by atoms with Crippen LogP contribution in [0.5, 0.6) is 0 Å². The summed E-state index contributed by atoms with van der Waals surface area (Å²) in [7, 11) is 0. The Morgan fingerprint density at radius 2 is 0.692 bits per heavy atom. The molecule has 0 aromatic heterocycles. The van der Waals surface area contributed by atoms with E-state index < -0.39 is 0 Å². The van der Waals surface area contributed by atoms with Gasteiger partial charge in [0.05, 0.1) is 18.3 Å². The van der Waals surface area contributed by atoms with Crippen molar-refractivity contribution in [3.63, 3.8) is 0 Å². The third-order valence-electron chi connectivity index (χ3n) is 9.00. The minimum Gasteiger partial charge on any atom is -0.550 e. The summed E-state index contributed by atoms with van der Waals surface area (Å²) in [5.41, 5.74) is 0. The number of rotatable bonds is 42. The topological polar surface area (TPSA) is 111 Å². The zero-order chi connectivity index (χ0) is 61.6. The van der Waals surface area contributed by atoms with Crippen molar-refractivity contribution in [2.24, 2.45) is 17.8 Å². The molecule has 0 rings (SSSR count). The molecule has 6 atom stereocenters. The molecule has 12 nitrogen and oxygen atoms in total. The van der Waals surface area contributed by atoms with Gasteiger partial charge < -0.3 is 111 Å². The Balaban J connectivity index is -0.0000000391. The van der Waals surface area contributed by atoms with Crippen molar-refractivity contribution in [3.05, 3.63) is 80.6 Å². The Bertz CT molecular complexity index is 1090. The van der Waals surface area contributed by atoms with Gasteiger partial charge in [-0.25, -0.2) is 32.7 Å². The number of hydrogen-bond donors (Lipinski definition) is 0. The van der Waals surface area contributed by atoms with Crippen LogP contribution in [0, 0.1) is 98.4 Å². The van der Waals surface area contributed by atoms with Gasteiger partial charge in [-0.1, -0.05) is 90.1 Å². The molecule has 0 aromatic rings. The van der Waals surface area contributed by atoms with Crippen LogP contribution in [0.1, 0.15) is 257 Å². The van der Waals surface area contributed by atoms with E-state index in [-0.39, 0.29) is 258 Å². The maximum atomic E-state index is 5.58. The van der Waals surface area contributed by atoms with E-state index in [4.69, 9.17) is 56.8 Å². The van der Waals surface area contributed by atoms with E-state index >= 15 is 0 Å². The van der Waals surface area contributed by atoms with Crippen LogP contribution in [0.4, 0.5) is 0 Å². The van der Waals surface area contributed by atoms with Gasteiger partial charge in [-0.3, -0.25) is 6.42 Å². The predicted octanol–water partition coefficient (Wildman–Crippen LogP) is 20.9. The molecule has 0 bridgehead atoms. The van der Waals surface area contributed by atoms with Crippen molar-refractivity contribution in [2.75, 3.05) is 39.6 Å². The molecule has 0 aromatic carbocycles. The SMILES string of the molecule is C.C.C.C.C.C.C.CC(C)O[CH-]CC[CH-]COC(C)C.[CH2-]C(COC(C)C)C([CH2-])OC(C)C.[CH2-]C(C[CH-]COC(C)C)OC(C)C.[CH2-]C(C[CH-]OC(C)C)COC(C)C.[CH2-]CC([CH-]COC(C)C)OC(C)C.[CH2-]CC([CH-]OC(C)C)COC(C)C.[W+2].[W+2].[W+2].[W+2].[W+2].[W+2]. The van der Waals surface area contributed by atoms with E-state index in [0.717, 1.165) is 45.1 Å². The molecule has 0 radical (unpaired) electrons. The molecule has 91 heavy (non-hydrogen) atoms. The minimum atomic E-state index is -0.0845. The zero-order valence-electron chi connectivity index (χ0n) is 57.9. The van der Waals surface area contributed by atoms with Crippen molar-refractivity contribution >= 4 is 0 Å². The first-order valence-corrected chi connectivity index (χ1v) is 29.7. The molecule has 560 valence electrons. The molecule has 0 amide bonds. The van der Waals surface area contributed by atoms with Crippen LogP contribution in [0.2, 0.25) is 0 Å². The average Bonchev–Trinajstić information content (AvgIpc) is 3.30. The van der Waals surface area contributed by atoms with Crippen LogP contribution in [0.25, 0.3) is 0 Å². The van der Waals surface area contributed by atoms with Crippen LogP contribution in [-0.2, 0) is 183 Å². The Morgan fingerprint density at radius 1 is 0.330 bits per heavy atom. The van der Waals surface area contributed by atoms with Gasteiger partial charge in [-0.05, 0) is 166 Å². The van der Waals surface area contributed by atoms with Gasteiger partial charge in [0.25, 0.3) is 0 Å². The monoisotopic (exact) mass is 2330 g/mol. The molecule has 0 spiro atoms. The fraction of sp³-hybridized carbons (Fsp3) is 0.836. The molecular formula is C73H160O12W6. The van der Waals surface area contributed by atoms with Crippen LogP contribution >= 0.6 is 0 Å². The van der Waals surface area contributed by atoms with E-state index in [9.17, 15) is 0 Å². The summed E-state index contributed by atoms with van der Waals surface area (Å²) in [4.78, 5) is 0. The van der Waals surface area contributed by atoms with Crippen molar-refractivity contribution in [2.45, 2.75) is 348 Å². The zero-order valence-corrected chi connectivity index (χ0v) is 75.5. The number of unbranched alkanes of at least 4 members (excludes halogenated alkanes) is 2. The normalized spacial score (nSPS) is 12.1. The number of hydrogen-bond acceptors (Lipinski definition) is 12. The summed E-state index contributed by atoms with van der Waals surface area (Å²) in [6.45, 7) is 81.5. The fourth-order valence-corrected chi connectivity index (χ4v) is 5.13. The molecule has 0 aliphatic rings. The van der Waals surface area contributed by atoms with Gasteiger partial charge in [0.2, 0.25) is 0 Å². The molecule has 0 saturated carbocycles. The van der Waals surface area contributed by atoms with Crippen LogP contribution < -0.4 is 0 Å². The first-order valence-electron chi connectivity index (χ1n) is 29.7.